The number of nitrogens with one attached hydrogen (secondary N) is 1. The van der Waals surface area contributed by atoms with Gasteiger partial charge in [-0.05, 0) is 25.0 Å². The zero-order valence-corrected chi connectivity index (χ0v) is 10.6. The van der Waals surface area contributed by atoms with Crippen LogP contribution in [0.5, 0.6) is 0 Å². The number of carbonyl (C=O) groups is 1. The third kappa shape index (κ3) is 1.91. The molecule has 2 aliphatic rings. The highest BCUT2D eigenvalue weighted by Gasteiger charge is 2.34. The lowest BCUT2D eigenvalue weighted by molar-refractivity contribution is -0.126. The summed E-state index contributed by atoms with van der Waals surface area (Å²) in [4.78, 5) is 14.4. The minimum Gasteiger partial charge on any atom is -0.375 e. The second-order valence-corrected chi connectivity index (χ2v) is 4.88. The number of rotatable bonds is 1. The summed E-state index contributed by atoms with van der Waals surface area (Å²) in [7, 11) is 0. The van der Waals surface area contributed by atoms with E-state index in [1.165, 1.54) is 5.56 Å². The van der Waals surface area contributed by atoms with E-state index < -0.39 is 0 Å². The fourth-order valence-electron chi connectivity index (χ4n) is 2.74. The molecule has 3 rings (SSSR count). The van der Waals surface area contributed by atoms with Gasteiger partial charge in [-0.25, -0.2) is 0 Å². The van der Waals surface area contributed by atoms with Gasteiger partial charge >= 0.3 is 0 Å². The van der Waals surface area contributed by atoms with E-state index in [0.29, 0.717) is 6.61 Å². The van der Waals surface area contributed by atoms with Crippen molar-refractivity contribution in [1.82, 2.24) is 5.32 Å². The molecular weight excluding hydrogens is 228 g/mol. The van der Waals surface area contributed by atoms with Gasteiger partial charge in [0.05, 0.1) is 12.7 Å². The van der Waals surface area contributed by atoms with Gasteiger partial charge in [-0.1, -0.05) is 18.2 Å². The van der Waals surface area contributed by atoms with E-state index in [-0.39, 0.29) is 18.1 Å². The normalized spacial score (nSPS) is 27.1. The van der Waals surface area contributed by atoms with Gasteiger partial charge in [0.1, 0.15) is 6.04 Å². The molecule has 0 unspecified atom stereocenters. The van der Waals surface area contributed by atoms with E-state index in [1.807, 2.05) is 30.0 Å². The second kappa shape index (κ2) is 4.71. The Morgan fingerprint density at radius 3 is 3.11 bits per heavy atom. The molecule has 2 atom stereocenters. The van der Waals surface area contributed by atoms with Gasteiger partial charge < -0.3 is 15.0 Å². The molecule has 0 aliphatic carbocycles. The largest absolute Gasteiger partial charge is 0.375 e. The predicted molar refractivity (Wildman–Crippen MR) is 69.7 cm³/mol. The molecule has 2 aliphatic heterocycles. The number of hydrogen-bond donors (Lipinski definition) is 1. The first kappa shape index (κ1) is 11.7. The fourth-order valence-corrected chi connectivity index (χ4v) is 2.74. The maximum atomic E-state index is 12.6. The van der Waals surface area contributed by atoms with Crippen LogP contribution in [0.1, 0.15) is 12.5 Å². The SMILES string of the molecule is C[C@H]1OCCN[C@@H]1C(=O)N1CCc2ccccc21. The molecule has 0 radical (unpaired) electrons. The van der Waals surface area contributed by atoms with Crippen molar-refractivity contribution >= 4 is 11.6 Å². The van der Waals surface area contributed by atoms with E-state index in [9.17, 15) is 4.79 Å². The van der Waals surface area contributed by atoms with Crippen molar-refractivity contribution in [2.24, 2.45) is 0 Å². The number of nitrogens with zero attached hydrogens (tertiary/aromatic N) is 1. The lowest BCUT2D eigenvalue weighted by Gasteiger charge is -2.32. The Hall–Kier alpha value is -1.39. The molecule has 1 fully saturated rings. The molecule has 1 aromatic rings. The van der Waals surface area contributed by atoms with Crippen molar-refractivity contribution in [1.29, 1.82) is 0 Å². The standard InChI is InChI=1S/C14H18N2O2/c1-10-13(15-7-9-18-10)14(17)16-8-6-11-4-2-3-5-12(11)16/h2-5,10,13,15H,6-9H2,1H3/t10-,13+/m1/s1. The van der Waals surface area contributed by atoms with E-state index in [0.717, 1.165) is 25.2 Å². The van der Waals surface area contributed by atoms with Crippen LogP contribution in [0.2, 0.25) is 0 Å². The molecule has 1 aromatic carbocycles. The molecule has 0 bridgehead atoms. The summed E-state index contributed by atoms with van der Waals surface area (Å²) in [6.45, 7) is 4.16. The number of fused-ring (bicyclic) bond motifs is 1. The first-order valence-electron chi connectivity index (χ1n) is 6.51. The summed E-state index contributed by atoms with van der Waals surface area (Å²) in [6.07, 6.45) is 0.892. The van der Waals surface area contributed by atoms with Gasteiger partial charge in [0.15, 0.2) is 0 Å². The van der Waals surface area contributed by atoms with Crippen LogP contribution >= 0.6 is 0 Å². The highest BCUT2D eigenvalue weighted by atomic mass is 16.5. The third-order valence-corrected chi connectivity index (χ3v) is 3.74. The summed E-state index contributed by atoms with van der Waals surface area (Å²) in [6, 6.07) is 7.91. The first-order chi connectivity index (χ1) is 8.77. The van der Waals surface area contributed by atoms with Gasteiger partial charge in [-0.15, -0.1) is 0 Å². The number of anilines is 1. The lowest BCUT2D eigenvalue weighted by Crippen LogP contribution is -2.56. The van der Waals surface area contributed by atoms with Crippen LogP contribution in [0.25, 0.3) is 0 Å². The van der Waals surface area contributed by atoms with E-state index in [1.54, 1.807) is 0 Å². The quantitative estimate of drug-likeness (QED) is 0.802. The Labute approximate surface area is 107 Å². The Morgan fingerprint density at radius 2 is 2.28 bits per heavy atom. The molecule has 1 N–H and O–H groups in total. The Kier molecular flexibility index (Phi) is 3.06. The van der Waals surface area contributed by atoms with Gasteiger partial charge in [0.25, 0.3) is 0 Å². The minimum absolute atomic E-state index is 0.0565. The lowest BCUT2D eigenvalue weighted by atomic mass is 10.1. The van der Waals surface area contributed by atoms with Gasteiger partial charge in [-0.3, -0.25) is 4.79 Å². The number of amides is 1. The number of para-hydroxylation sites is 1. The van der Waals surface area contributed by atoms with Crippen LogP contribution < -0.4 is 10.2 Å². The van der Waals surface area contributed by atoms with E-state index in [4.69, 9.17) is 4.74 Å². The molecule has 0 spiro atoms. The van der Waals surface area contributed by atoms with Crippen molar-refractivity contribution in [2.75, 3.05) is 24.6 Å². The zero-order valence-electron chi connectivity index (χ0n) is 10.6. The number of ether oxygens (including phenoxy) is 1. The maximum absolute atomic E-state index is 12.6. The molecular formula is C14H18N2O2. The van der Waals surface area contributed by atoms with Crippen LogP contribution in [0.4, 0.5) is 5.69 Å². The molecule has 4 nitrogen and oxygen atoms in total. The summed E-state index contributed by atoms with van der Waals surface area (Å²) in [5.74, 6) is 0.132. The van der Waals surface area contributed by atoms with Crippen molar-refractivity contribution in [2.45, 2.75) is 25.5 Å². The predicted octanol–water partition coefficient (Wildman–Crippen LogP) is 0.953. The van der Waals surface area contributed by atoms with Gasteiger partial charge in [-0.2, -0.15) is 0 Å². The molecule has 2 heterocycles. The summed E-state index contributed by atoms with van der Waals surface area (Å²) < 4.78 is 5.55. The number of carbonyl (C=O) groups excluding carboxylic acids is 1. The van der Waals surface area contributed by atoms with Gasteiger partial charge in [0.2, 0.25) is 5.91 Å². The second-order valence-electron chi connectivity index (χ2n) is 4.88. The zero-order chi connectivity index (χ0) is 12.5. The first-order valence-corrected chi connectivity index (χ1v) is 6.51. The monoisotopic (exact) mass is 246 g/mol. The molecule has 0 saturated carbocycles. The van der Waals surface area contributed by atoms with E-state index >= 15 is 0 Å². The van der Waals surface area contributed by atoms with Crippen LogP contribution in [-0.2, 0) is 16.0 Å². The highest BCUT2D eigenvalue weighted by Crippen LogP contribution is 2.28. The number of morpholine rings is 1. The average Bonchev–Trinajstić information content (AvgIpc) is 2.82. The molecule has 0 aromatic heterocycles. The van der Waals surface area contributed by atoms with Crippen molar-refractivity contribution in [3.63, 3.8) is 0 Å². The summed E-state index contributed by atoms with van der Waals surface area (Å²) in [5, 5.41) is 3.26. The molecule has 1 saturated heterocycles. The Bertz CT molecular complexity index is 461. The molecule has 96 valence electrons. The van der Waals surface area contributed by atoms with Crippen LogP contribution in [0.3, 0.4) is 0 Å². The van der Waals surface area contributed by atoms with E-state index in [2.05, 4.69) is 11.4 Å². The van der Waals surface area contributed by atoms with Crippen LogP contribution in [0.15, 0.2) is 24.3 Å². The van der Waals surface area contributed by atoms with Crippen LogP contribution in [0, 0.1) is 0 Å². The minimum atomic E-state index is -0.218. The smallest absolute Gasteiger partial charge is 0.246 e. The number of hydrogen-bond acceptors (Lipinski definition) is 3. The maximum Gasteiger partial charge on any atom is 0.246 e. The van der Waals surface area contributed by atoms with Crippen molar-refractivity contribution < 1.29 is 9.53 Å². The molecule has 18 heavy (non-hydrogen) atoms. The fraction of sp³-hybridized carbons (Fsp3) is 0.500. The topological polar surface area (TPSA) is 41.6 Å². The van der Waals surface area contributed by atoms with Crippen molar-refractivity contribution in [3.8, 4) is 0 Å². The van der Waals surface area contributed by atoms with Gasteiger partial charge in [0, 0.05) is 18.8 Å². The number of benzene rings is 1. The van der Waals surface area contributed by atoms with Crippen molar-refractivity contribution in [3.05, 3.63) is 29.8 Å². The Morgan fingerprint density at radius 1 is 1.44 bits per heavy atom. The Balaban J connectivity index is 1.82. The summed E-state index contributed by atoms with van der Waals surface area (Å²) in [5.41, 5.74) is 2.32. The molecule has 4 heteroatoms. The average molecular weight is 246 g/mol. The van der Waals surface area contributed by atoms with Crippen LogP contribution in [-0.4, -0.2) is 37.7 Å². The third-order valence-electron chi connectivity index (χ3n) is 3.74. The summed E-state index contributed by atoms with van der Waals surface area (Å²) >= 11 is 0. The highest BCUT2D eigenvalue weighted by molar-refractivity contribution is 5.99. The molecule has 1 amide bonds.